The maximum Gasteiger partial charge on any atom is 0.235 e. The second-order valence-corrected chi connectivity index (χ2v) is 9.10. The molecule has 0 unspecified atom stereocenters. The van der Waals surface area contributed by atoms with E-state index in [-0.39, 0.29) is 5.56 Å². The summed E-state index contributed by atoms with van der Waals surface area (Å²) in [4.78, 5) is 19.9. The number of carbonyl (C=O) groups excluding carboxylic acids is 1. The highest BCUT2D eigenvalue weighted by atomic mass is 32.2. The predicted octanol–water partition coefficient (Wildman–Crippen LogP) is 3.77. The number of carbonyl (C=O) groups is 1. The summed E-state index contributed by atoms with van der Waals surface area (Å²) >= 11 is 0. The lowest BCUT2D eigenvalue weighted by atomic mass is 10.0. The number of hydrogen-bond donors (Lipinski definition) is 2. The Morgan fingerprint density at radius 2 is 2.00 bits per heavy atom. The number of methoxy groups -OCH3 is 1. The van der Waals surface area contributed by atoms with E-state index in [0.717, 1.165) is 25.0 Å². The van der Waals surface area contributed by atoms with E-state index in [2.05, 4.69) is 14.7 Å². The molecule has 7 nitrogen and oxygen atoms in total. The summed E-state index contributed by atoms with van der Waals surface area (Å²) in [7, 11) is -2.42. The zero-order valence-corrected chi connectivity index (χ0v) is 16.9. The molecular formula is C20H19F2N3O4S. The first kappa shape index (κ1) is 20.3. The molecule has 2 N–H and O–H groups in total. The Kier molecular flexibility index (Phi) is 5.19. The number of pyridine rings is 1. The number of aromatic amines is 1. The minimum absolute atomic E-state index is 0.00926. The quantitative estimate of drug-likeness (QED) is 0.574. The van der Waals surface area contributed by atoms with Crippen LogP contribution < -0.4 is 9.46 Å². The van der Waals surface area contributed by atoms with E-state index >= 15 is 4.39 Å². The van der Waals surface area contributed by atoms with Crippen molar-refractivity contribution in [2.24, 2.45) is 0 Å². The molecule has 30 heavy (non-hydrogen) atoms. The average Bonchev–Trinajstić information content (AvgIpc) is 3.40. The van der Waals surface area contributed by atoms with Crippen LogP contribution in [0.4, 0.5) is 14.5 Å². The van der Waals surface area contributed by atoms with Gasteiger partial charge < -0.3 is 9.72 Å². The van der Waals surface area contributed by atoms with Crippen LogP contribution in [0, 0.1) is 11.6 Å². The second kappa shape index (κ2) is 7.67. The molecule has 3 aromatic rings. The predicted molar refractivity (Wildman–Crippen MR) is 107 cm³/mol. The molecule has 0 atom stereocenters. The summed E-state index contributed by atoms with van der Waals surface area (Å²) in [6.07, 6.45) is 5.25. The molecule has 2 heterocycles. The van der Waals surface area contributed by atoms with E-state index in [9.17, 15) is 17.6 Å². The first-order chi connectivity index (χ1) is 14.3. The number of nitrogens with one attached hydrogen (secondary N) is 2. The van der Waals surface area contributed by atoms with E-state index in [1.54, 1.807) is 0 Å². The summed E-state index contributed by atoms with van der Waals surface area (Å²) in [5.41, 5.74) is -0.962. The van der Waals surface area contributed by atoms with E-state index in [1.165, 1.54) is 25.6 Å². The van der Waals surface area contributed by atoms with E-state index in [4.69, 9.17) is 4.74 Å². The number of anilines is 1. The highest BCUT2D eigenvalue weighted by Crippen LogP contribution is 2.31. The number of benzene rings is 1. The lowest BCUT2D eigenvalue weighted by Gasteiger charge is -2.15. The fourth-order valence-electron chi connectivity index (χ4n) is 3.69. The Labute approximate surface area is 171 Å². The van der Waals surface area contributed by atoms with Crippen LogP contribution >= 0.6 is 0 Å². The van der Waals surface area contributed by atoms with Crippen LogP contribution in [0.3, 0.4) is 0 Å². The van der Waals surface area contributed by atoms with Gasteiger partial charge in [0, 0.05) is 17.1 Å². The number of halogens is 2. The minimum atomic E-state index is -3.84. The van der Waals surface area contributed by atoms with Crippen molar-refractivity contribution in [1.82, 2.24) is 9.97 Å². The standard InChI is InChI=1S/C20H19F2N3O4S/c1-29-11-8-13-14(10-24-20(13)23-9-11)19(26)17-15(21)6-7-16(18(17)22)25-30(27,28)12-4-2-3-5-12/h6-10,12,25H,2-5H2,1H3,(H,23,24). The number of hydrogen-bond acceptors (Lipinski definition) is 5. The van der Waals surface area contributed by atoms with Gasteiger partial charge in [-0.15, -0.1) is 0 Å². The molecule has 0 amide bonds. The SMILES string of the molecule is COc1cnc2[nH]cc(C(=O)c3c(F)ccc(NS(=O)(=O)C4CCCC4)c3F)c2c1. The highest BCUT2D eigenvalue weighted by Gasteiger charge is 2.31. The number of ketones is 1. The van der Waals surface area contributed by atoms with Gasteiger partial charge in [0.05, 0.1) is 29.8 Å². The van der Waals surface area contributed by atoms with Gasteiger partial charge >= 0.3 is 0 Å². The van der Waals surface area contributed by atoms with E-state index < -0.39 is 43.9 Å². The molecule has 1 aromatic carbocycles. The van der Waals surface area contributed by atoms with E-state index in [0.29, 0.717) is 29.6 Å². The van der Waals surface area contributed by atoms with Gasteiger partial charge in [0.2, 0.25) is 15.8 Å². The molecule has 4 rings (SSSR count). The molecule has 0 spiro atoms. The highest BCUT2D eigenvalue weighted by molar-refractivity contribution is 7.93. The van der Waals surface area contributed by atoms with E-state index in [1.807, 2.05) is 0 Å². The van der Waals surface area contributed by atoms with Crippen LogP contribution in [0.5, 0.6) is 5.75 Å². The van der Waals surface area contributed by atoms with Crippen molar-refractivity contribution in [3.8, 4) is 5.75 Å². The van der Waals surface area contributed by atoms with Gasteiger partial charge in [-0.2, -0.15) is 0 Å². The maximum absolute atomic E-state index is 15.1. The lowest BCUT2D eigenvalue weighted by molar-refractivity contribution is 0.103. The number of fused-ring (bicyclic) bond motifs is 1. The number of sulfonamides is 1. The molecule has 1 fully saturated rings. The minimum Gasteiger partial charge on any atom is -0.495 e. The first-order valence-electron chi connectivity index (χ1n) is 9.37. The molecule has 1 aliphatic carbocycles. The van der Waals surface area contributed by atoms with Crippen LogP contribution in [-0.4, -0.2) is 36.5 Å². The second-order valence-electron chi connectivity index (χ2n) is 7.14. The summed E-state index contributed by atoms with van der Waals surface area (Å²) < 4.78 is 61.9. The summed E-state index contributed by atoms with van der Waals surface area (Å²) in [5, 5.41) is -0.302. The molecule has 2 aromatic heterocycles. The van der Waals surface area contributed by atoms with Gasteiger partial charge in [-0.3, -0.25) is 9.52 Å². The molecule has 10 heteroatoms. The van der Waals surface area contributed by atoms with Gasteiger partial charge in [0.15, 0.2) is 5.82 Å². The lowest BCUT2D eigenvalue weighted by Crippen LogP contribution is -2.26. The fourth-order valence-corrected chi connectivity index (χ4v) is 5.28. The first-order valence-corrected chi connectivity index (χ1v) is 10.9. The largest absolute Gasteiger partial charge is 0.495 e. The van der Waals surface area contributed by atoms with Crippen molar-refractivity contribution in [3.63, 3.8) is 0 Å². The van der Waals surface area contributed by atoms with Crippen LogP contribution in [0.1, 0.15) is 41.6 Å². The van der Waals surface area contributed by atoms with Crippen molar-refractivity contribution >= 4 is 32.5 Å². The molecule has 0 saturated heterocycles. The van der Waals surface area contributed by atoms with Gasteiger partial charge in [0.1, 0.15) is 17.2 Å². The summed E-state index contributed by atoms with van der Waals surface area (Å²) in [5.74, 6) is -2.92. The molecule has 0 radical (unpaired) electrons. The van der Waals surface area contributed by atoms with Crippen molar-refractivity contribution in [2.45, 2.75) is 30.9 Å². The van der Waals surface area contributed by atoms with Crippen molar-refractivity contribution in [1.29, 1.82) is 0 Å². The third kappa shape index (κ3) is 3.51. The van der Waals surface area contributed by atoms with Crippen molar-refractivity contribution in [3.05, 3.63) is 53.4 Å². The summed E-state index contributed by atoms with van der Waals surface area (Å²) in [6.45, 7) is 0. The monoisotopic (exact) mass is 435 g/mol. The van der Waals surface area contributed by atoms with Crippen LogP contribution in [0.2, 0.25) is 0 Å². The Morgan fingerprint density at radius 1 is 1.27 bits per heavy atom. The number of rotatable bonds is 6. The number of H-pyrrole nitrogens is 1. The Morgan fingerprint density at radius 3 is 2.70 bits per heavy atom. The number of nitrogens with zero attached hydrogens (tertiary/aromatic N) is 1. The number of aromatic nitrogens is 2. The zero-order chi connectivity index (χ0) is 21.5. The molecule has 1 saturated carbocycles. The van der Waals surface area contributed by atoms with Gasteiger partial charge in [0.25, 0.3) is 0 Å². The Bertz CT molecular complexity index is 1230. The average molecular weight is 435 g/mol. The fraction of sp³-hybridized carbons (Fsp3) is 0.300. The Hall–Kier alpha value is -3.01. The Balaban J connectivity index is 1.74. The topological polar surface area (TPSA) is 101 Å². The van der Waals surface area contributed by atoms with Crippen LogP contribution in [0.25, 0.3) is 11.0 Å². The third-order valence-corrected chi connectivity index (χ3v) is 7.15. The van der Waals surface area contributed by atoms with Crippen LogP contribution in [0.15, 0.2) is 30.6 Å². The van der Waals surface area contributed by atoms with Gasteiger partial charge in [-0.1, -0.05) is 12.8 Å². The number of ether oxygens (including phenoxy) is 1. The maximum atomic E-state index is 15.1. The molecule has 0 aliphatic heterocycles. The summed E-state index contributed by atoms with van der Waals surface area (Å²) in [6, 6.07) is 3.37. The third-order valence-electron chi connectivity index (χ3n) is 5.30. The van der Waals surface area contributed by atoms with Gasteiger partial charge in [-0.25, -0.2) is 22.2 Å². The molecule has 1 aliphatic rings. The molecular weight excluding hydrogens is 416 g/mol. The van der Waals surface area contributed by atoms with Crippen molar-refractivity contribution < 1.29 is 26.7 Å². The smallest absolute Gasteiger partial charge is 0.235 e. The van der Waals surface area contributed by atoms with Gasteiger partial charge in [-0.05, 0) is 31.0 Å². The zero-order valence-electron chi connectivity index (χ0n) is 16.0. The van der Waals surface area contributed by atoms with Crippen molar-refractivity contribution in [2.75, 3.05) is 11.8 Å². The molecule has 0 bridgehead atoms. The normalized spacial score (nSPS) is 14.9. The van der Waals surface area contributed by atoms with Crippen LogP contribution in [-0.2, 0) is 10.0 Å². The molecule has 158 valence electrons.